The highest BCUT2D eigenvalue weighted by molar-refractivity contribution is 7.80. The third-order valence-electron chi connectivity index (χ3n) is 3.10. The van der Waals surface area contributed by atoms with Gasteiger partial charge in [-0.3, -0.25) is 4.90 Å². The Morgan fingerprint density at radius 2 is 2.15 bits per heavy atom. The van der Waals surface area contributed by atoms with E-state index >= 15 is 0 Å². The fourth-order valence-electron chi connectivity index (χ4n) is 1.92. The molecular weight excluding hydrogens is 272 g/mol. The summed E-state index contributed by atoms with van der Waals surface area (Å²) in [6, 6.07) is 7.95. The molecule has 0 saturated carbocycles. The van der Waals surface area contributed by atoms with Crippen molar-refractivity contribution in [1.29, 1.82) is 0 Å². The zero-order chi connectivity index (χ0) is 15.0. The Hall–Kier alpha value is -1.17. The highest BCUT2D eigenvalue weighted by atomic mass is 32.1. The molecule has 4 nitrogen and oxygen atoms in total. The highest BCUT2D eigenvalue weighted by Gasteiger charge is 2.09. The zero-order valence-corrected chi connectivity index (χ0v) is 13.0. The maximum Gasteiger partial charge on any atom is 0.120 e. The van der Waals surface area contributed by atoms with Crippen LogP contribution < -0.4 is 10.5 Å². The summed E-state index contributed by atoms with van der Waals surface area (Å²) in [7, 11) is 0. The molecule has 0 saturated heterocycles. The van der Waals surface area contributed by atoms with E-state index in [0.29, 0.717) is 17.6 Å². The lowest BCUT2D eigenvalue weighted by Crippen LogP contribution is -2.35. The molecule has 5 heteroatoms. The molecule has 0 aliphatic heterocycles. The van der Waals surface area contributed by atoms with E-state index in [2.05, 4.69) is 18.7 Å². The second-order valence-electron chi connectivity index (χ2n) is 4.95. The van der Waals surface area contributed by atoms with Crippen LogP contribution in [0.1, 0.15) is 25.8 Å². The second kappa shape index (κ2) is 8.89. The average molecular weight is 296 g/mol. The SMILES string of the molecule is CC(C)N(CCCO)CCOc1cccc(C(N)=S)c1. The maximum atomic E-state index is 8.90. The van der Waals surface area contributed by atoms with Crippen molar-refractivity contribution in [2.45, 2.75) is 26.3 Å². The molecule has 0 atom stereocenters. The Morgan fingerprint density at radius 1 is 1.40 bits per heavy atom. The molecular formula is C15H24N2O2S. The van der Waals surface area contributed by atoms with Crippen molar-refractivity contribution in [3.8, 4) is 5.75 Å². The van der Waals surface area contributed by atoms with Gasteiger partial charge in [-0.25, -0.2) is 0 Å². The fraction of sp³-hybridized carbons (Fsp3) is 0.533. The smallest absolute Gasteiger partial charge is 0.120 e. The monoisotopic (exact) mass is 296 g/mol. The molecule has 3 N–H and O–H groups in total. The molecule has 0 amide bonds. The van der Waals surface area contributed by atoms with Gasteiger partial charge in [-0.15, -0.1) is 0 Å². The van der Waals surface area contributed by atoms with Crippen LogP contribution in [0.3, 0.4) is 0 Å². The summed E-state index contributed by atoms with van der Waals surface area (Å²) in [4.78, 5) is 2.66. The molecule has 112 valence electrons. The quantitative estimate of drug-likeness (QED) is 0.680. The van der Waals surface area contributed by atoms with Gasteiger partial charge >= 0.3 is 0 Å². The van der Waals surface area contributed by atoms with Gasteiger partial charge in [-0.1, -0.05) is 24.4 Å². The molecule has 1 aromatic carbocycles. The number of aliphatic hydroxyl groups excluding tert-OH is 1. The Bertz CT molecular complexity index is 424. The molecule has 0 unspecified atom stereocenters. The van der Waals surface area contributed by atoms with Gasteiger partial charge in [-0.05, 0) is 32.4 Å². The van der Waals surface area contributed by atoms with Crippen LogP contribution in [-0.2, 0) is 0 Å². The number of rotatable bonds is 9. The van der Waals surface area contributed by atoms with Crippen LogP contribution in [0, 0.1) is 0 Å². The average Bonchev–Trinajstić information content (AvgIpc) is 2.42. The molecule has 0 aliphatic carbocycles. The number of ether oxygens (including phenoxy) is 1. The van der Waals surface area contributed by atoms with E-state index in [1.807, 2.05) is 24.3 Å². The standard InChI is InChI=1S/C15H24N2O2S/c1-12(2)17(7-4-9-18)8-10-19-14-6-3-5-13(11-14)15(16)20/h3,5-6,11-12,18H,4,7-10H2,1-2H3,(H2,16,20). The first-order valence-electron chi connectivity index (χ1n) is 6.92. The Balaban J connectivity index is 2.45. The largest absolute Gasteiger partial charge is 0.492 e. The van der Waals surface area contributed by atoms with E-state index in [0.717, 1.165) is 30.8 Å². The van der Waals surface area contributed by atoms with Gasteiger partial charge in [-0.2, -0.15) is 0 Å². The number of nitrogens with zero attached hydrogens (tertiary/aromatic N) is 1. The van der Waals surface area contributed by atoms with Crippen LogP contribution in [0.5, 0.6) is 5.75 Å². The highest BCUT2D eigenvalue weighted by Crippen LogP contribution is 2.13. The third kappa shape index (κ3) is 5.86. The van der Waals surface area contributed by atoms with Crippen molar-refractivity contribution in [2.24, 2.45) is 5.73 Å². The van der Waals surface area contributed by atoms with Crippen LogP contribution in [0.2, 0.25) is 0 Å². The first-order chi connectivity index (χ1) is 9.54. The number of aliphatic hydroxyl groups is 1. The molecule has 0 radical (unpaired) electrons. The first-order valence-corrected chi connectivity index (χ1v) is 7.33. The summed E-state index contributed by atoms with van der Waals surface area (Å²) in [6.45, 7) is 6.82. The molecule has 20 heavy (non-hydrogen) atoms. The van der Waals surface area contributed by atoms with Gasteiger partial charge in [0.1, 0.15) is 17.3 Å². The van der Waals surface area contributed by atoms with E-state index in [1.54, 1.807) is 0 Å². The van der Waals surface area contributed by atoms with Crippen molar-refractivity contribution in [3.63, 3.8) is 0 Å². The van der Waals surface area contributed by atoms with Crippen LogP contribution in [0.4, 0.5) is 0 Å². The van der Waals surface area contributed by atoms with E-state index in [9.17, 15) is 0 Å². The van der Waals surface area contributed by atoms with Crippen LogP contribution in [-0.4, -0.2) is 47.3 Å². The lowest BCUT2D eigenvalue weighted by atomic mass is 10.2. The minimum Gasteiger partial charge on any atom is -0.492 e. The van der Waals surface area contributed by atoms with Gasteiger partial charge in [0.05, 0.1) is 0 Å². The van der Waals surface area contributed by atoms with E-state index in [1.165, 1.54) is 0 Å². The van der Waals surface area contributed by atoms with Crippen molar-refractivity contribution in [3.05, 3.63) is 29.8 Å². The molecule has 0 fully saturated rings. The Labute approximate surface area is 126 Å². The normalized spacial score (nSPS) is 11.1. The van der Waals surface area contributed by atoms with Gasteiger partial charge in [0.2, 0.25) is 0 Å². The minimum absolute atomic E-state index is 0.222. The summed E-state index contributed by atoms with van der Waals surface area (Å²) in [5.74, 6) is 0.779. The van der Waals surface area contributed by atoms with Crippen LogP contribution in [0.15, 0.2) is 24.3 Å². The second-order valence-corrected chi connectivity index (χ2v) is 5.39. The van der Waals surface area contributed by atoms with Gasteiger partial charge < -0.3 is 15.6 Å². The van der Waals surface area contributed by atoms with Crippen molar-refractivity contribution in [2.75, 3.05) is 26.3 Å². The first kappa shape index (κ1) is 16.9. The van der Waals surface area contributed by atoms with Gasteiger partial charge in [0.25, 0.3) is 0 Å². The topological polar surface area (TPSA) is 58.7 Å². The zero-order valence-electron chi connectivity index (χ0n) is 12.2. The van der Waals surface area contributed by atoms with Gasteiger partial charge in [0, 0.05) is 31.3 Å². The predicted molar refractivity (Wildman–Crippen MR) is 86.2 cm³/mol. The predicted octanol–water partition coefficient (Wildman–Crippen LogP) is 1.79. The third-order valence-corrected chi connectivity index (χ3v) is 3.34. The number of hydrogen-bond acceptors (Lipinski definition) is 4. The summed E-state index contributed by atoms with van der Waals surface area (Å²) in [6.07, 6.45) is 0.787. The number of benzene rings is 1. The molecule has 1 rings (SSSR count). The summed E-state index contributed by atoms with van der Waals surface area (Å²) >= 11 is 4.95. The van der Waals surface area contributed by atoms with Gasteiger partial charge in [0.15, 0.2) is 0 Å². The molecule has 1 aromatic rings. The molecule has 0 spiro atoms. The molecule has 0 heterocycles. The molecule has 0 bridgehead atoms. The Kier molecular flexibility index (Phi) is 7.51. The lowest BCUT2D eigenvalue weighted by Gasteiger charge is -2.26. The van der Waals surface area contributed by atoms with E-state index in [-0.39, 0.29) is 6.61 Å². The lowest BCUT2D eigenvalue weighted by molar-refractivity contribution is 0.160. The van der Waals surface area contributed by atoms with E-state index < -0.39 is 0 Å². The van der Waals surface area contributed by atoms with Crippen LogP contribution in [0.25, 0.3) is 0 Å². The number of hydrogen-bond donors (Lipinski definition) is 2. The van der Waals surface area contributed by atoms with Crippen molar-refractivity contribution in [1.82, 2.24) is 4.90 Å². The number of nitrogens with two attached hydrogens (primary N) is 1. The Morgan fingerprint density at radius 3 is 2.75 bits per heavy atom. The summed E-state index contributed by atoms with van der Waals surface area (Å²) in [5, 5.41) is 8.90. The fourth-order valence-corrected chi connectivity index (χ4v) is 2.05. The molecule has 0 aliphatic rings. The minimum atomic E-state index is 0.222. The maximum absolute atomic E-state index is 8.90. The summed E-state index contributed by atoms with van der Waals surface area (Å²) < 4.78 is 5.74. The molecule has 0 aromatic heterocycles. The van der Waals surface area contributed by atoms with E-state index in [4.69, 9.17) is 27.8 Å². The number of thiocarbonyl (C=S) groups is 1. The van der Waals surface area contributed by atoms with Crippen molar-refractivity contribution < 1.29 is 9.84 Å². The van der Waals surface area contributed by atoms with Crippen molar-refractivity contribution >= 4 is 17.2 Å². The van der Waals surface area contributed by atoms with Crippen LogP contribution >= 0.6 is 12.2 Å². The summed E-state index contributed by atoms with van der Waals surface area (Å²) in [5.41, 5.74) is 6.42.